The lowest BCUT2D eigenvalue weighted by Gasteiger charge is -2.31. The summed E-state index contributed by atoms with van der Waals surface area (Å²) in [6.45, 7) is 4.77. The number of sulfonamides is 1. The highest BCUT2D eigenvalue weighted by Gasteiger charge is 2.30. The topological polar surface area (TPSA) is 66.5 Å². The number of aryl methyl sites for hydroxylation is 1. The Morgan fingerprint density at radius 3 is 2.68 bits per heavy atom. The molecule has 0 spiro atoms. The molecule has 1 aliphatic heterocycles. The number of nitrogens with one attached hydrogen (secondary N) is 1. The van der Waals surface area contributed by atoms with Crippen LogP contribution >= 0.6 is 0 Å². The molecule has 0 aliphatic carbocycles. The van der Waals surface area contributed by atoms with E-state index in [1.165, 1.54) is 10.6 Å². The summed E-state index contributed by atoms with van der Waals surface area (Å²) >= 11 is 0. The molecule has 1 aromatic carbocycles. The van der Waals surface area contributed by atoms with Gasteiger partial charge in [-0.25, -0.2) is 12.7 Å². The van der Waals surface area contributed by atoms with Crippen molar-refractivity contribution in [3.8, 4) is 0 Å². The third-order valence-electron chi connectivity index (χ3n) is 4.24. The van der Waals surface area contributed by atoms with Crippen LogP contribution < -0.4 is 5.32 Å². The zero-order valence-electron chi connectivity index (χ0n) is 13.4. The predicted octanol–water partition coefficient (Wildman–Crippen LogP) is 1.84. The molecule has 0 aromatic heterocycles. The number of carbonyl (C=O) groups excluding carboxylic acids is 1. The van der Waals surface area contributed by atoms with Crippen molar-refractivity contribution in [3.05, 3.63) is 35.4 Å². The number of amides is 1. The molecule has 0 bridgehead atoms. The van der Waals surface area contributed by atoms with E-state index in [1.54, 1.807) is 0 Å². The van der Waals surface area contributed by atoms with E-state index >= 15 is 0 Å². The second-order valence-corrected chi connectivity index (χ2v) is 8.03. The number of rotatable bonds is 4. The first-order valence-electron chi connectivity index (χ1n) is 7.60. The average Bonchev–Trinajstić information content (AvgIpc) is 2.46. The minimum Gasteiger partial charge on any atom is -0.349 e. The Morgan fingerprint density at radius 2 is 2.05 bits per heavy atom. The molecule has 1 N–H and O–H groups in total. The third kappa shape index (κ3) is 4.08. The van der Waals surface area contributed by atoms with Crippen molar-refractivity contribution in [2.75, 3.05) is 19.3 Å². The zero-order valence-corrected chi connectivity index (χ0v) is 14.2. The van der Waals surface area contributed by atoms with Crippen LogP contribution in [-0.2, 0) is 14.8 Å². The largest absolute Gasteiger partial charge is 0.349 e. The summed E-state index contributed by atoms with van der Waals surface area (Å²) in [6.07, 6.45) is 2.66. The summed E-state index contributed by atoms with van der Waals surface area (Å²) in [7, 11) is -3.23. The van der Waals surface area contributed by atoms with Crippen molar-refractivity contribution in [1.82, 2.24) is 9.62 Å². The molecule has 0 radical (unpaired) electrons. The molecule has 22 heavy (non-hydrogen) atoms. The first kappa shape index (κ1) is 17.0. The molecule has 1 amide bonds. The molecule has 1 saturated heterocycles. The van der Waals surface area contributed by atoms with E-state index in [9.17, 15) is 13.2 Å². The molecule has 6 heteroatoms. The highest BCUT2D eigenvalue weighted by molar-refractivity contribution is 7.88. The number of carbonyl (C=O) groups is 1. The van der Waals surface area contributed by atoms with E-state index in [1.807, 2.05) is 38.1 Å². The summed E-state index contributed by atoms with van der Waals surface area (Å²) in [6, 6.07) is 7.87. The lowest BCUT2D eigenvalue weighted by molar-refractivity contribution is -0.126. The van der Waals surface area contributed by atoms with Crippen molar-refractivity contribution < 1.29 is 13.2 Å². The molecule has 5 nitrogen and oxygen atoms in total. The maximum atomic E-state index is 12.4. The quantitative estimate of drug-likeness (QED) is 0.919. The summed E-state index contributed by atoms with van der Waals surface area (Å²) in [5.41, 5.74) is 2.23. The highest BCUT2D eigenvalue weighted by Crippen LogP contribution is 2.21. The molecule has 0 saturated carbocycles. The van der Waals surface area contributed by atoms with Crippen LogP contribution in [0.1, 0.15) is 36.9 Å². The SMILES string of the molecule is Cc1ccccc1[C@H](C)NC(=O)[C@H]1CCCN(S(C)(=O)=O)C1. The summed E-state index contributed by atoms with van der Waals surface area (Å²) in [5.74, 6) is -0.334. The first-order valence-corrected chi connectivity index (χ1v) is 9.45. The number of hydrogen-bond acceptors (Lipinski definition) is 3. The standard InChI is InChI=1S/C16H24N2O3S/c1-12-7-4-5-9-15(12)13(2)17-16(19)14-8-6-10-18(11-14)22(3,20)21/h4-5,7,9,13-14H,6,8,10-11H2,1-3H3,(H,17,19)/t13-,14-/m0/s1. The van der Waals surface area contributed by atoms with Gasteiger partial charge in [-0.3, -0.25) is 4.79 Å². The van der Waals surface area contributed by atoms with Crippen LogP contribution in [0.5, 0.6) is 0 Å². The zero-order chi connectivity index (χ0) is 16.3. The van der Waals surface area contributed by atoms with Crippen molar-refractivity contribution in [2.45, 2.75) is 32.7 Å². The smallest absolute Gasteiger partial charge is 0.224 e. The normalized spacial score (nSPS) is 21.3. The Hall–Kier alpha value is -1.40. The molecule has 2 atom stereocenters. The van der Waals surface area contributed by atoms with Crippen LogP contribution in [0.15, 0.2) is 24.3 Å². The Kier molecular flexibility index (Phi) is 5.24. The van der Waals surface area contributed by atoms with Crippen LogP contribution in [-0.4, -0.2) is 38.0 Å². The fourth-order valence-electron chi connectivity index (χ4n) is 2.94. The van der Waals surface area contributed by atoms with Gasteiger partial charge < -0.3 is 5.32 Å². The molecule has 0 unspecified atom stereocenters. The second kappa shape index (κ2) is 6.79. The fourth-order valence-corrected chi connectivity index (χ4v) is 3.85. The number of nitrogens with zero attached hydrogens (tertiary/aromatic N) is 1. The van der Waals surface area contributed by atoms with Gasteiger partial charge in [-0.2, -0.15) is 0 Å². The Bertz CT molecular complexity index is 643. The van der Waals surface area contributed by atoms with Crippen molar-refractivity contribution in [3.63, 3.8) is 0 Å². The molecule has 2 rings (SSSR count). The van der Waals surface area contributed by atoms with Crippen LogP contribution in [0.25, 0.3) is 0 Å². The maximum absolute atomic E-state index is 12.4. The number of piperidine rings is 1. The van der Waals surface area contributed by atoms with Crippen molar-refractivity contribution in [2.24, 2.45) is 5.92 Å². The molecule has 1 aromatic rings. The Balaban J connectivity index is 2.01. The molecular weight excluding hydrogens is 300 g/mol. The summed E-state index contributed by atoms with van der Waals surface area (Å²) < 4.78 is 24.7. The van der Waals surface area contributed by atoms with Crippen LogP contribution in [0.4, 0.5) is 0 Å². The second-order valence-electron chi connectivity index (χ2n) is 6.05. The minimum atomic E-state index is -3.23. The van der Waals surface area contributed by atoms with Gasteiger partial charge in [0, 0.05) is 13.1 Å². The lowest BCUT2D eigenvalue weighted by Crippen LogP contribution is -2.45. The molecule has 1 heterocycles. The van der Waals surface area contributed by atoms with E-state index in [-0.39, 0.29) is 24.4 Å². The molecule has 122 valence electrons. The van der Waals surface area contributed by atoms with Gasteiger partial charge in [0.05, 0.1) is 18.2 Å². The monoisotopic (exact) mass is 324 g/mol. The van der Waals surface area contributed by atoms with Crippen molar-refractivity contribution in [1.29, 1.82) is 0 Å². The minimum absolute atomic E-state index is 0.0656. The van der Waals surface area contributed by atoms with Crippen molar-refractivity contribution >= 4 is 15.9 Å². The van der Waals surface area contributed by atoms with Gasteiger partial charge in [-0.1, -0.05) is 24.3 Å². The van der Waals surface area contributed by atoms with E-state index < -0.39 is 10.0 Å². The third-order valence-corrected chi connectivity index (χ3v) is 5.51. The van der Waals surface area contributed by atoms with Gasteiger partial charge in [-0.15, -0.1) is 0 Å². The van der Waals surface area contributed by atoms with Gasteiger partial charge >= 0.3 is 0 Å². The summed E-state index contributed by atoms with van der Waals surface area (Å²) in [4.78, 5) is 12.4. The number of hydrogen-bond donors (Lipinski definition) is 1. The molecule has 1 fully saturated rings. The number of benzene rings is 1. The molecule has 1 aliphatic rings. The van der Waals surface area contributed by atoms with E-state index in [0.717, 1.165) is 24.0 Å². The fraction of sp³-hybridized carbons (Fsp3) is 0.562. The maximum Gasteiger partial charge on any atom is 0.224 e. The average molecular weight is 324 g/mol. The van der Waals surface area contributed by atoms with Crippen LogP contribution in [0, 0.1) is 12.8 Å². The van der Waals surface area contributed by atoms with Gasteiger partial charge in [-0.05, 0) is 37.8 Å². The summed E-state index contributed by atoms with van der Waals surface area (Å²) in [5, 5.41) is 3.02. The highest BCUT2D eigenvalue weighted by atomic mass is 32.2. The van der Waals surface area contributed by atoms with E-state index in [0.29, 0.717) is 6.54 Å². The van der Waals surface area contributed by atoms with Crippen LogP contribution in [0.2, 0.25) is 0 Å². The van der Waals surface area contributed by atoms with Gasteiger partial charge in [0.1, 0.15) is 0 Å². The predicted molar refractivity (Wildman–Crippen MR) is 86.9 cm³/mol. The Labute approximate surface area is 132 Å². The first-order chi connectivity index (χ1) is 10.3. The van der Waals surface area contributed by atoms with Gasteiger partial charge in [0.2, 0.25) is 15.9 Å². The lowest BCUT2D eigenvalue weighted by atomic mass is 9.97. The van der Waals surface area contributed by atoms with E-state index in [2.05, 4.69) is 5.32 Å². The van der Waals surface area contributed by atoms with Crippen LogP contribution in [0.3, 0.4) is 0 Å². The van der Waals surface area contributed by atoms with Gasteiger partial charge in [0.15, 0.2) is 0 Å². The van der Waals surface area contributed by atoms with Gasteiger partial charge in [0.25, 0.3) is 0 Å². The Morgan fingerprint density at radius 1 is 1.36 bits per heavy atom. The van der Waals surface area contributed by atoms with E-state index in [4.69, 9.17) is 0 Å². The molecular formula is C16H24N2O3S.